The fourth-order valence-electron chi connectivity index (χ4n) is 5.11. The quantitative estimate of drug-likeness (QED) is 0.140. The van der Waals surface area contributed by atoms with E-state index in [1.807, 2.05) is 18.2 Å². The zero-order valence-corrected chi connectivity index (χ0v) is 25.1. The summed E-state index contributed by atoms with van der Waals surface area (Å²) in [5, 5.41) is 10.8. The number of halogens is 2. The average molecular weight is 655 g/mol. The number of hydrogen-bond donors (Lipinski definition) is 1. The summed E-state index contributed by atoms with van der Waals surface area (Å²) >= 11 is 3.41. The van der Waals surface area contributed by atoms with E-state index in [0.717, 1.165) is 15.4 Å². The van der Waals surface area contributed by atoms with Gasteiger partial charge in [0.05, 0.1) is 13.0 Å². The zero-order chi connectivity index (χ0) is 31.0. The minimum Gasteiger partial charge on any atom is -0.493 e. The third-order valence-electron chi connectivity index (χ3n) is 7.32. The van der Waals surface area contributed by atoms with Crippen molar-refractivity contribution >= 4 is 32.9 Å². The fraction of sp³-hybridized carbons (Fsp3) is 0.118. The van der Waals surface area contributed by atoms with Crippen molar-refractivity contribution < 1.29 is 32.5 Å². The first-order valence-corrected chi connectivity index (χ1v) is 14.2. The summed E-state index contributed by atoms with van der Waals surface area (Å²) in [6.45, 7) is 2.00. The van der Waals surface area contributed by atoms with Crippen molar-refractivity contribution in [2.24, 2.45) is 5.73 Å². The Labute approximate surface area is 260 Å². The summed E-state index contributed by atoms with van der Waals surface area (Å²) in [6.07, 6.45) is 0. The molecule has 1 aliphatic rings. The van der Waals surface area contributed by atoms with Crippen LogP contribution in [-0.4, -0.2) is 13.1 Å². The van der Waals surface area contributed by atoms with Gasteiger partial charge in [0, 0.05) is 27.1 Å². The highest BCUT2D eigenvalue weighted by molar-refractivity contribution is 9.10. The molecular formula is C34H24BrFN2O6. The van der Waals surface area contributed by atoms with E-state index in [1.165, 1.54) is 19.2 Å². The number of hydrogen-bond acceptors (Lipinski definition) is 8. The standard InChI is InChI=1S/C34H24BrFN2O6/c1-18-24-10-6-21(35)14-28(24)43-32(18)34(39)42-23-9-11-25-29(15-23)44-33(38)26(16-37)31(25)20-5-12-27(30(13-20)40-2)41-17-19-3-7-22(36)8-4-19/h3-15,31H,17,38H2,1-2H3. The average Bonchev–Trinajstić information content (AvgIpc) is 3.35. The maximum atomic E-state index is 13.3. The van der Waals surface area contributed by atoms with Gasteiger partial charge in [-0.15, -0.1) is 0 Å². The molecule has 0 fully saturated rings. The molecule has 10 heteroatoms. The number of benzene rings is 4. The van der Waals surface area contributed by atoms with Crippen LogP contribution >= 0.6 is 15.9 Å². The number of fused-ring (bicyclic) bond motifs is 2. The molecule has 1 aromatic heterocycles. The molecule has 8 nitrogen and oxygen atoms in total. The van der Waals surface area contributed by atoms with Gasteiger partial charge in [-0.25, -0.2) is 9.18 Å². The molecule has 0 spiro atoms. The zero-order valence-electron chi connectivity index (χ0n) is 23.5. The number of allylic oxidation sites excluding steroid dienone is 1. The van der Waals surface area contributed by atoms with Crippen LogP contribution in [0.3, 0.4) is 0 Å². The van der Waals surface area contributed by atoms with E-state index < -0.39 is 11.9 Å². The van der Waals surface area contributed by atoms with Gasteiger partial charge in [-0.3, -0.25) is 0 Å². The van der Waals surface area contributed by atoms with Crippen LogP contribution in [0.2, 0.25) is 0 Å². The Morgan fingerprint density at radius 3 is 2.59 bits per heavy atom. The molecule has 0 saturated heterocycles. The molecule has 1 unspecified atom stereocenters. The van der Waals surface area contributed by atoms with Crippen LogP contribution in [0.15, 0.2) is 99.2 Å². The van der Waals surface area contributed by atoms with Crippen molar-refractivity contribution in [2.45, 2.75) is 19.4 Å². The van der Waals surface area contributed by atoms with E-state index in [2.05, 4.69) is 22.0 Å². The topological polar surface area (TPSA) is 117 Å². The van der Waals surface area contributed by atoms with Crippen LogP contribution in [0, 0.1) is 24.1 Å². The molecule has 0 aliphatic carbocycles. The van der Waals surface area contributed by atoms with Gasteiger partial charge in [-0.05, 0) is 66.6 Å². The Kier molecular flexibility index (Phi) is 7.72. The molecule has 6 rings (SSSR count). The third-order valence-corrected chi connectivity index (χ3v) is 7.81. The highest BCUT2D eigenvalue weighted by Crippen LogP contribution is 2.45. The Morgan fingerprint density at radius 2 is 1.84 bits per heavy atom. The van der Waals surface area contributed by atoms with Crippen LogP contribution in [0.5, 0.6) is 23.0 Å². The Bertz CT molecular complexity index is 1990. The first-order chi connectivity index (χ1) is 21.2. The van der Waals surface area contributed by atoms with Gasteiger partial charge < -0.3 is 29.1 Å². The van der Waals surface area contributed by atoms with E-state index in [9.17, 15) is 14.4 Å². The number of carbonyl (C=O) groups is 1. The number of methoxy groups -OCH3 is 1. The normalized spacial score (nSPS) is 14.0. The maximum absolute atomic E-state index is 13.3. The molecule has 2 heterocycles. The van der Waals surface area contributed by atoms with Crippen molar-refractivity contribution in [3.8, 4) is 29.1 Å². The van der Waals surface area contributed by atoms with Gasteiger partial charge in [-0.2, -0.15) is 5.26 Å². The van der Waals surface area contributed by atoms with Crippen LogP contribution in [0.25, 0.3) is 11.0 Å². The molecule has 4 aromatic carbocycles. The maximum Gasteiger partial charge on any atom is 0.379 e. The van der Waals surface area contributed by atoms with Gasteiger partial charge in [0.25, 0.3) is 0 Å². The molecule has 2 N–H and O–H groups in total. The number of furan rings is 1. The number of ether oxygens (including phenoxy) is 4. The predicted molar refractivity (Wildman–Crippen MR) is 163 cm³/mol. The van der Waals surface area contributed by atoms with Gasteiger partial charge in [0.15, 0.2) is 11.5 Å². The lowest BCUT2D eigenvalue weighted by molar-refractivity contribution is 0.0702. The Morgan fingerprint density at radius 1 is 1.05 bits per heavy atom. The van der Waals surface area contributed by atoms with Crippen LogP contribution < -0.4 is 24.7 Å². The lowest BCUT2D eigenvalue weighted by Gasteiger charge is -2.27. The van der Waals surface area contributed by atoms with Gasteiger partial charge in [-0.1, -0.05) is 40.2 Å². The van der Waals surface area contributed by atoms with Crippen molar-refractivity contribution in [3.63, 3.8) is 0 Å². The fourth-order valence-corrected chi connectivity index (χ4v) is 5.45. The molecule has 0 radical (unpaired) electrons. The number of esters is 1. The molecule has 220 valence electrons. The van der Waals surface area contributed by atoms with E-state index >= 15 is 0 Å². The number of aryl methyl sites for hydroxylation is 1. The SMILES string of the molecule is COc1cc(C2C(C#N)=C(N)Oc3cc(OC(=O)c4oc5cc(Br)ccc5c4C)ccc32)ccc1OCc1ccc(F)cc1. The lowest BCUT2D eigenvalue weighted by atomic mass is 9.83. The van der Waals surface area contributed by atoms with Gasteiger partial charge in [0.1, 0.15) is 41.1 Å². The molecule has 1 atom stereocenters. The summed E-state index contributed by atoms with van der Waals surface area (Å²) < 4.78 is 42.9. The molecule has 1 aliphatic heterocycles. The predicted octanol–water partition coefficient (Wildman–Crippen LogP) is 7.67. The summed E-state index contributed by atoms with van der Waals surface area (Å²) in [6, 6.07) is 23.9. The smallest absolute Gasteiger partial charge is 0.379 e. The van der Waals surface area contributed by atoms with E-state index in [4.69, 9.17) is 29.1 Å². The van der Waals surface area contributed by atoms with Crippen molar-refractivity contribution in [1.82, 2.24) is 0 Å². The summed E-state index contributed by atoms with van der Waals surface area (Å²) in [7, 11) is 1.51. The van der Waals surface area contributed by atoms with E-state index in [-0.39, 0.29) is 35.4 Å². The highest BCUT2D eigenvalue weighted by Gasteiger charge is 2.32. The molecule has 0 bridgehead atoms. The molecule has 5 aromatic rings. The van der Waals surface area contributed by atoms with Crippen LogP contribution in [0.4, 0.5) is 4.39 Å². The van der Waals surface area contributed by atoms with Gasteiger partial charge >= 0.3 is 5.97 Å². The minimum atomic E-state index is -0.663. The second-order valence-corrected chi connectivity index (χ2v) is 11.0. The monoisotopic (exact) mass is 654 g/mol. The molecule has 44 heavy (non-hydrogen) atoms. The first-order valence-electron chi connectivity index (χ1n) is 13.4. The Balaban J connectivity index is 1.28. The third kappa shape index (κ3) is 5.45. The second-order valence-electron chi connectivity index (χ2n) is 10.0. The van der Waals surface area contributed by atoms with Crippen molar-refractivity contribution in [2.75, 3.05) is 7.11 Å². The summed E-state index contributed by atoms with van der Waals surface area (Å²) in [5.41, 5.74) is 9.77. The molecule has 0 saturated carbocycles. The van der Waals surface area contributed by atoms with E-state index in [1.54, 1.807) is 55.5 Å². The molecular weight excluding hydrogens is 631 g/mol. The Hall–Kier alpha value is -5.27. The van der Waals surface area contributed by atoms with Crippen molar-refractivity contribution in [3.05, 3.63) is 129 Å². The number of nitrogens with zero attached hydrogens (tertiary/aromatic N) is 1. The highest BCUT2D eigenvalue weighted by atomic mass is 79.9. The minimum absolute atomic E-state index is 0.0669. The number of carbonyl (C=O) groups excluding carboxylic acids is 1. The lowest BCUT2D eigenvalue weighted by Crippen LogP contribution is -2.21. The molecule has 0 amide bonds. The van der Waals surface area contributed by atoms with E-state index in [0.29, 0.717) is 39.5 Å². The van der Waals surface area contributed by atoms with Crippen LogP contribution in [0.1, 0.15) is 38.7 Å². The van der Waals surface area contributed by atoms with Crippen molar-refractivity contribution in [1.29, 1.82) is 5.26 Å². The summed E-state index contributed by atoms with van der Waals surface area (Å²) in [4.78, 5) is 13.1. The largest absolute Gasteiger partial charge is 0.493 e. The first kappa shape index (κ1) is 28.8. The van der Waals surface area contributed by atoms with Gasteiger partial charge in [0.2, 0.25) is 11.6 Å². The number of nitriles is 1. The number of nitrogens with two attached hydrogens (primary N) is 1. The number of rotatable bonds is 7. The summed E-state index contributed by atoms with van der Waals surface area (Å²) in [5.74, 6) is -0.104. The van der Waals surface area contributed by atoms with Crippen LogP contribution in [-0.2, 0) is 6.61 Å². The second kappa shape index (κ2) is 11.8.